The van der Waals surface area contributed by atoms with Crippen molar-refractivity contribution >= 4 is 43.6 Å². The topological polar surface area (TPSA) is 118 Å². The molecule has 0 unspecified atom stereocenters. The Morgan fingerprint density at radius 3 is 2.56 bits per heavy atom. The Balaban J connectivity index is 1.57. The number of hydrogen-bond donors (Lipinski definition) is 2. The van der Waals surface area contributed by atoms with E-state index in [1.54, 1.807) is 37.6 Å². The van der Waals surface area contributed by atoms with Crippen LogP contribution in [0.3, 0.4) is 0 Å². The Kier molecular flexibility index (Phi) is 5.92. The Morgan fingerprint density at radius 2 is 1.78 bits per heavy atom. The molecule has 0 fully saturated rings. The van der Waals surface area contributed by atoms with Gasteiger partial charge in [-0.2, -0.15) is 0 Å². The van der Waals surface area contributed by atoms with Crippen molar-refractivity contribution < 1.29 is 22.0 Å². The quantitative estimate of drug-likeness (QED) is 0.305. The van der Waals surface area contributed by atoms with Gasteiger partial charge in [-0.15, -0.1) is 0 Å². The third kappa shape index (κ3) is 4.29. The molecule has 0 saturated carbocycles. The molecule has 2 N–H and O–H groups in total. The summed E-state index contributed by atoms with van der Waals surface area (Å²) in [5.74, 6) is -3.59. The number of hydrogen-bond acceptors (Lipinski definition) is 6. The highest BCUT2D eigenvalue weighted by Gasteiger charge is 2.26. The van der Waals surface area contributed by atoms with Crippen LogP contribution < -0.4 is 4.72 Å². The number of rotatable bonds is 7. The number of H-pyrrole nitrogens is 1. The number of pyridine rings is 1. The molecule has 3 aromatic heterocycles. The average Bonchev–Trinajstić information content (AvgIpc) is 3.29. The fraction of sp³-hybridized carbons (Fsp3) is 0.120. The van der Waals surface area contributed by atoms with E-state index >= 15 is 4.39 Å². The van der Waals surface area contributed by atoms with Crippen molar-refractivity contribution in [3.8, 4) is 11.1 Å². The van der Waals surface area contributed by atoms with E-state index in [1.165, 1.54) is 6.20 Å². The van der Waals surface area contributed by atoms with Crippen molar-refractivity contribution in [2.75, 3.05) is 10.5 Å². The average molecular weight is 508 g/mol. The smallest absolute Gasteiger partial charge is 0.232 e. The number of ketones is 1. The molecule has 5 aromatic rings. The second kappa shape index (κ2) is 9.08. The normalized spacial score (nSPS) is 11.8. The van der Waals surface area contributed by atoms with Crippen LogP contribution in [0.2, 0.25) is 0 Å². The maximum Gasteiger partial charge on any atom is 0.232 e. The highest BCUT2D eigenvalue weighted by Crippen LogP contribution is 2.30. The van der Waals surface area contributed by atoms with Gasteiger partial charge in [-0.3, -0.25) is 19.5 Å². The van der Waals surface area contributed by atoms with Gasteiger partial charge in [0.1, 0.15) is 11.5 Å². The first-order valence-corrected chi connectivity index (χ1v) is 12.6. The van der Waals surface area contributed by atoms with Crippen molar-refractivity contribution in [3.05, 3.63) is 83.9 Å². The highest BCUT2D eigenvalue weighted by atomic mass is 32.2. The van der Waals surface area contributed by atoms with Gasteiger partial charge in [-0.25, -0.2) is 22.2 Å². The standard InChI is InChI=1S/C25H19F2N5O3S/c1-2-9-36(34,35)32-20-6-4-18(26)22(23(20)27)24(33)17-13-31-25-16(17)10-15(12-30-25)14-3-5-19-21(11-14)29-8-7-28-19/h3-8,10-13,32H,2,9H2,1H3,(H,30,31). The van der Waals surface area contributed by atoms with Crippen LogP contribution in [-0.2, 0) is 10.0 Å². The molecule has 0 radical (unpaired) electrons. The van der Waals surface area contributed by atoms with Crippen LogP contribution in [0.4, 0.5) is 14.5 Å². The molecule has 0 atom stereocenters. The van der Waals surface area contributed by atoms with E-state index < -0.39 is 38.7 Å². The number of halogens is 2. The van der Waals surface area contributed by atoms with Crippen LogP contribution in [0.5, 0.6) is 0 Å². The summed E-state index contributed by atoms with van der Waals surface area (Å²) in [5.41, 5.74) is 1.80. The van der Waals surface area contributed by atoms with Gasteiger partial charge < -0.3 is 4.98 Å². The van der Waals surface area contributed by atoms with Crippen molar-refractivity contribution in [1.29, 1.82) is 0 Å². The van der Waals surface area contributed by atoms with Gasteiger partial charge in [0.05, 0.1) is 28.0 Å². The van der Waals surface area contributed by atoms with E-state index in [1.807, 2.05) is 12.1 Å². The highest BCUT2D eigenvalue weighted by molar-refractivity contribution is 7.92. The lowest BCUT2D eigenvalue weighted by molar-refractivity contribution is 0.103. The van der Waals surface area contributed by atoms with Crippen LogP contribution >= 0.6 is 0 Å². The number of sulfonamides is 1. The SMILES string of the molecule is CCCS(=O)(=O)Nc1ccc(F)c(C(=O)c2c[nH]c3ncc(-c4ccc5nccnc5c4)cc23)c1F. The molecule has 36 heavy (non-hydrogen) atoms. The second-order valence-electron chi connectivity index (χ2n) is 8.12. The number of carbonyl (C=O) groups excluding carboxylic acids is 1. The Hall–Kier alpha value is -4.25. The molecule has 11 heteroatoms. The van der Waals surface area contributed by atoms with Gasteiger partial charge in [0.15, 0.2) is 5.82 Å². The van der Waals surface area contributed by atoms with Gasteiger partial charge in [0, 0.05) is 41.3 Å². The van der Waals surface area contributed by atoms with Gasteiger partial charge in [0.25, 0.3) is 0 Å². The molecule has 0 spiro atoms. The van der Waals surface area contributed by atoms with E-state index in [2.05, 4.69) is 24.7 Å². The van der Waals surface area contributed by atoms with E-state index in [9.17, 15) is 17.6 Å². The van der Waals surface area contributed by atoms with Crippen LogP contribution in [0, 0.1) is 11.6 Å². The molecular formula is C25H19F2N5O3S. The monoisotopic (exact) mass is 507 g/mol. The van der Waals surface area contributed by atoms with Gasteiger partial charge >= 0.3 is 0 Å². The van der Waals surface area contributed by atoms with Crippen LogP contribution in [-0.4, -0.2) is 39.9 Å². The molecular weight excluding hydrogens is 488 g/mol. The predicted molar refractivity (Wildman–Crippen MR) is 132 cm³/mol. The minimum atomic E-state index is -3.85. The van der Waals surface area contributed by atoms with Gasteiger partial charge in [-0.1, -0.05) is 13.0 Å². The van der Waals surface area contributed by atoms with Gasteiger partial charge in [-0.05, 0) is 42.3 Å². The van der Waals surface area contributed by atoms with Crippen molar-refractivity contribution in [3.63, 3.8) is 0 Å². The van der Waals surface area contributed by atoms with Crippen LogP contribution in [0.1, 0.15) is 29.3 Å². The Labute approximate surface area is 204 Å². The Morgan fingerprint density at radius 1 is 1.00 bits per heavy atom. The van der Waals surface area contributed by atoms with Crippen LogP contribution in [0.25, 0.3) is 33.2 Å². The summed E-state index contributed by atoms with van der Waals surface area (Å²) in [7, 11) is -3.85. The third-order valence-electron chi connectivity index (χ3n) is 5.63. The summed E-state index contributed by atoms with van der Waals surface area (Å²) < 4.78 is 56.2. The van der Waals surface area contributed by atoms with Crippen molar-refractivity contribution in [1.82, 2.24) is 19.9 Å². The fourth-order valence-corrected chi connectivity index (χ4v) is 5.09. The molecule has 0 aliphatic rings. The number of aromatic amines is 1. The number of nitrogens with one attached hydrogen (secondary N) is 2. The van der Waals surface area contributed by atoms with E-state index in [0.29, 0.717) is 34.1 Å². The molecule has 182 valence electrons. The fourth-order valence-electron chi connectivity index (χ4n) is 3.95. The lowest BCUT2D eigenvalue weighted by atomic mass is 9.99. The first-order chi connectivity index (χ1) is 17.3. The van der Waals surface area contributed by atoms with Crippen molar-refractivity contribution in [2.45, 2.75) is 13.3 Å². The third-order valence-corrected chi connectivity index (χ3v) is 7.11. The number of benzene rings is 2. The predicted octanol–water partition coefficient (Wildman–Crippen LogP) is 4.83. The molecule has 0 amide bonds. The molecule has 0 aliphatic heterocycles. The first-order valence-electron chi connectivity index (χ1n) is 11.0. The zero-order chi connectivity index (χ0) is 25.4. The zero-order valence-electron chi connectivity index (χ0n) is 18.9. The summed E-state index contributed by atoms with van der Waals surface area (Å²) in [4.78, 5) is 29.0. The molecule has 5 rings (SSSR count). The number of anilines is 1. The molecule has 8 nitrogen and oxygen atoms in total. The van der Waals surface area contributed by atoms with Crippen molar-refractivity contribution in [2.24, 2.45) is 0 Å². The summed E-state index contributed by atoms with van der Waals surface area (Å²) in [6.45, 7) is 1.65. The maximum absolute atomic E-state index is 15.2. The summed E-state index contributed by atoms with van der Waals surface area (Å²) in [6.07, 6.45) is 6.40. The molecule has 0 saturated heterocycles. The molecule has 3 heterocycles. The van der Waals surface area contributed by atoms with E-state index in [4.69, 9.17) is 0 Å². The Bertz CT molecular complexity index is 1750. The first kappa shape index (κ1) is 23.5. The van der Waals surface area contributed by atoms with E-state index in [0.717, 1.165) is 17.7 Å². The minimum Gasteiger partial charge on any atom is -0.345 e. The van der Waals surface area contributed by atoms with E-state index in [-0.39, 0.29) is 11.3 Å². The second-order valence-corrected chi connectivity index (χ2v) is 9.96. The zero-order valence-corrected chi connectivity index (χ0v) is 19.7. The lowest BCUT2D eigenvalue weighted by Crippen LogP contribution is -2.18. The summed E-state index contributed by atoms with van der Waals surface area (Å²) in [6, 6.07) is 8.96. The van der Waals surface area contributed by atoms with Crippen LogP contribution in [0.15, 0.2) is 61.2 Å². The lowest BCUT2D eigenvalue weighted by Gasteiger charge is -2.11. The summed E-state index contributed by atoms with van der Waals surface area (Å²) in [5, 5.41) is 0.354. The number of aromatic nitrogens is 4. The summed E-state index contributed by atoms with van der Waals surface area (Å²) >= 11 is 0. The number of fused-ring (bicyclic) bond motifs is 2. The minimum absolute atomic E-state index is 0.00806. The molecule has 0 aliphatic carbocycles. The largest absolute Gasteiger partial charge is 0.345 e. The number of carbonyl (C=O) groups is 1. The number of nitrogens with zero attached hydrogens (tertiary/aromatic N) is 3. The molecule has 0 bridgehead atoms. The van der Waals surface area contributed by atoms with Gasteiger partial charge in [0.2, 0.25) is 15.8 Å². The maximum atomic E-state index is 15.2. The molecule has 2 aromatic carbocycles.